The van der Waals surface area contributed by atoms with Gasteiger partial charge in [0.15, 0.2) is 6.17 Å². The average molecular weight is 755 g/mol. The summed E-state index contributed by atoms with van der Waals surface area (Å²) < 4.78 is 8.98. The molecule has 0 spiro atoms. The second-order valence-electron chi connectivity index (χ2n) is 17.6. The van der Waals surface area contributed by atoms with Gasteiger partial charge >= 0.3 is 0 Å². The highest BCUT2D eigenvalue weighted by Crippen LogP contribution is 2.41. The van der Waals surface area contributed by atoms with Crippen LogP contribution in [0.25, 0.3) is 60.6 Å². The summed E-state index contributed by atoms with van der Waals surface area (Å²) >= 11 is 0. The number of para-hydroxylation sites is 1. The third-order valence-corrected chi connectivity index (χ3v) is 11.6. The van der Waals surface area contributed by atoms with Crippen molar-refractivity contribution in [1.82, 2.24) is 9.88 Å². The zero-order valence-electron chi connectivity index (χ0n) is 33.8. The fourth-order valence-corrected chi connectivity index (χ4v) is 8.36. The fourth-order valence-electron chi connectivity index (χ4n) is 8.36. The SMILES string of the molecule is CC(C)(C)c1cc(-n2c3ccccc3c3cc(-c4ccc5oc6cccc(C7N=C(c8ccccc8)NC(c8ccccc8)=N7)c6c5c4)ccc32)cc(C(C)(C)C)c1. The standard InChI is InChI=1S/C53H46N4O/c1-52(2,3)37-30-38(53(4,5)6)32-39(31-37)57-44-22-14-13-20-40(44)42-28-35(24-26-45(42)57)36-25-27-46-43(29-36)48-41(21-15-23-47(48)58-46)51-55-49(33-16-9-7-10-17-33)54-50(56-51)34-18-11-8-12-19-34/h7-32,51H,1-6H3,(H,54,55,56). The molecule has 0 saturated heterocycles. The first-order valence-corrected chi connectivity index (χ1v) is 20.2. The molecule has 0 bridgehead atoms. The highest BCUT2D eigenvalue weighted by molar-refractivity contribution is 6.16. The Morgan fingerprint density at radius 1 is 0.483 bits per heavy atom. The van der Waals surface area contributed by atoms with E-state index in [1.165, 1.54) is 38.6 Å². The number of rotatable bonds is 5. The van der Waals surface area contributed by atoms with Gasteiger partial charge in [-0.05, 0) is 81.6 Å². The number of fused-ring (bicyclic) bond motifs is 6. The molecule has 10 rings (SSSR count). The summed E-state index contributed by atoms with van der Waals surface area (Å²) in [7, 11) is 0. The maximum Gasteiger partial charge on any atom is 0.170 e. The van der Waals surface area contributed by atoms with Crippen molar-refractivity contribution < 1.29 is 4.42 Å². The lowest BCUT2D eigenvalue weighted by Crippen LogP contribution is -2.36. The molecule has 5 heteroatoms. The van der Waals surface area contributed by atoms with Crippen molar-refractivity contribution in [2.75, 3.05) is 0 Å². The van der Waals surface area contributed by atoms with Gasteiger partial charge in [-0.25, -0.2) is 9.98 Å². The number of nitrogens with zero attached hydrogens (tertiary/aromatic N) is 3. The van der Waals surface area contributed by atoms with E-state index in [-0.39, 0.29) is 10.8 Å². The van der Waals surface area contributed by atoms with Crippen LogP contribution in [0.3, 0.4) is 0 Å². The van der Waals surface area contributed by atoms with Crippen molar-refractivity contribution in [3.8, 4) is 16.8 Å². The Morgan fingerprint density at radius 2 is 1.05 bits per heavy atom. The van der Waals surface area contributed by atoms with E-state index in [0.717, 1.165) is 61.4 Å². The van der Waals surface area contributed by atoms with Gasteiger partial charge in [-0.3, -0.25) is 0 Å². The topological polar surface area (TPSA) is 54.8 Å². The minimum Gasteiger partial charge on any atom is -0.456 e. The van der Waals surface area contributed by atoms with Gasteiger partial charge in [0.1, 0.15) is 22.8 Å². The van der Waals surface area contributed by atoms with Gasteiger partial charge in [0.25, 0.3) is 0 Å². The molecule has 2 aromatic heterocycles. The molecule has 58 heavy (non-hydrogen) atoms. The van der Waals surface area contributed by atoms with Gasteiger partial charge in [0, 0.05) is 43.9 Å². The molecule has 1 N–H and O–H groups in total. The highest BCUT2D eigenvalue weighted by Gasteiger charge is 2.25. The normalized spacial score (nSPS) is 14.0. The smallest absolute Gasteiger partial charge is 0.170 e. The monoisotopic (exact) mass is 754 g/mol. The van der Waals surface area contributed by atoms with Gasteiger partial charge < -0.3 is 14.3 Å². The quantitative estimate of drug-likeness (QED) is 0.190. The van der Waals surface area contributed by atoms with Crippen LogP contribution in [0.4, 0.5) is 0 Å². The first kappa shape index (κ1) is 35.7. The predicted octanol–water partition coefficient (Wildman–Crippen LogP) is 13.4. The molecule has 0 aliphatic carbocycles. The number of hydrogen-bond acceptors (Lipinski definition) is 4. The largest absolute Gasteiger partial charge is 0.456 e. The number of nitrogens with one attached hydrogen (secondary N) is 1. The summed E-state index contributed by atoms with van der Waals surface area (Å²) in [6.07, 6.45) is -0.474. The van der Waals surface area contributed by atoms with E-state index in [1.54, 1.807) is 0 Å². The minimum atomic E-state index is -0.474. The number of benzene rings is 7. The van der Waals surface area contributed by atoms with Crippen molar-refractivity contribution in [3.63, 3.8) is 0 Å². The van der Waals surface area contributed by atoms with Crippen LogP contribution >= 0.6 is 0 Å². The number of furan rings is 1. The second kappa shape index (κ2) is 13.5. The maximum atomic E-state index is 6.53. The van der Waals surface area contributed by atoms with E-state index in [1.807, 2.05) is 48.5 Å². The van der Waals surface area contributed by atoms with Crippen LogP contribution in [-0.4, -0.2) is 16.2 Å². The van der Waals surface area contributed by atoms with Crippen LogP contribution in [0.1, 0.15) is 75.5 Å². The van der Waals surface area contributed by atoms with E-state index in [0.29, 0.717) is 0 Å². The number of hydrogen-bond donors (Lipinski definition) is 1. The van der Waals surface area contributed by atoms with E-state index in [4.69, 9.17) is 14.4 Å². The second-order valence-corrected chi connectivity index (χ2v) is 17.6. The van der Waals surface area contributed by atoms with E-state index >= 15 is 0 Å². The van der Waals surface area contributed by atoms with Crippen LogP contribution in [0.2, 0.25) is 0 Å². The maximum absolute atomic E-state index is 6.53. The van der Waals surface area contributed by atoms with Crippen molar-refractivity contribution in [2.24, 2.45) is 9.98 Å². The average Bonchev–Trinajstić information content (AvgIpc) is 3.78. The highest BCUT2D eigenvalue weighted by atomic mass is 16.3. The van der Waals surface area contributed by atoms with Crippen molar-refractivity contribution in [3.05, 3.63) is 186 Å². The molecule has 1 aliphatic rings. The third kappa shape index (κ3) is 6.19. The van der Waals surface area contributed by atoms with Crippen LogP contribution in [0, 0.1) is 0 Å². The molecule has 0 saturated carbocycles. The Hall–Kier alpha value is -6.72. The van der Waals surface area contributed by atoms with Crippen molar-refractivity contribution in [1.29, 1.82) is 0 Å². The number of amidine groups is 2. The molecule has 0 fully saturated rings. The van der Waals surface area contributed by atoms with Crippen LogP contribution in [-0.2, 0) is 10.8 Å². The first-order valence-electron chi connectivity index (χ1n) is 20.2. The lowest BCUT2D eigenvalue weighted by Gasteiger charge is -2.26. The molecule has 5 nitrogen and oxygen atoms in total. The number of aliphatic imine (C=N–C) groups is 2. The molecular formula is C53H46N4O. The Bertz CT molecular complexity index is 3010. The van der Waals surface area contributed by atoms with Gasteiger partial charge in [-0.15, -0.1) is 0 Å². The summed E-state index contributed by atoms with van der Waals surface area (Å²) in [5, 5.41) is 8.07. The summed E-state index contributed by atoms with van der Waals surface area (Å²) in [5.74, 6) is 1.58. The van der Waals surface area contributed by atoms with Crippen LogP contribution < -0.4 is 5.32 Å². The molecule has 9 aromatic rings. The Morgan fingerprint density at radius 3 is 1.69 bits per heavy atom. The first-order chi connectivity index (χ1) is 28.0. The zero-order valence-corrected chi connectivity index (χ0v) is 33.8. The van der Waals surface area contributed by atoms with Crippen LogP contribution in [0.5, 0.6) is 0 Å². The molecule has 7 aromatic carbocycles. The lowest BCUT2D eigenvalue weighted by atomic mass is 9.80. The molecule has 1 aliphatic heterocycles. The lowest BCUT2D eigenvalue weighted by molar-refractivity contribution is 0.568. The van der Waals surface area contributed by atoms with Gasteiger partial charge in [0.2, 0.25) is 0 Å². The zero-order chi connectivity index (χ0) is 39.8. The van der Waals surface area contributed by atoms with Gasteiger partial charge in [-0.2, -0.15) is 0 Å². The fraction of sp³-hybridized carbons (Fsp3) is 0.170. The van der Waals surface area contributed by atoms with Crippen LogP contribution in [0.15, 0.2) is 172 Å². The Balaban J connectivity index is 1.13. The van der Waals surface area contributed by atoms with Crippen molar-refractivity contribution in [2.45, 2.75) is 58.5 Å². The number of aromatic nitrogens is 1. The summed E-state index contributed by atoms with van der Waals surface area (Å²) in [6, 6.07) is 56.2. The summed E-state index contributed by atoms with van der Waals surface area (Å²) in [6.45, 7) is 13.8. The third-order valence-electron chi connectivity index (χ3n) is 11.6. The predicted molar refractivity (Wildman–Crippen MR) is 243 cm³/mol. The van der Waals surface area contributed by atoms with E-state index in [2.05, 4.69) is 161 Å². The molecule has 0 unspecified atom stereocenters. The molecule has 284 valence electrons. The molecular weight excluding hydrogens is 709 g/mol. The Labute approximate surface area is 339 Å². The molecule has 0 atom stereocenters. The summed E-state index contributed by atoms with van der Waals surface area (Å²) in [5.41, 5.74) is 13.3. The van der Waals surface area contributed by atoms with E-state index < -0.39 is 6.17 Å². The summed E-state index contributed by atoms with van der Waals surface area (Å²) in [4.78, 5) is 10.4. The molecule has 3 heterocycles. The van der Waals surface area contributed by atoms with E-state index in [9.17, 15) is 0 Å². The molecule has 0 radical (unpaired) electrons. The van der Waals surface area contributed by atoms with Gasteiger partial charge in [-0.1, -0.05) is 151 Å². The Kier molecular flexibility index (Phi) is 8.27. The minimum absolute atomic E-state index is 0.0125. The van der Waals surface area contributed by atoms with Crippen molar-refractivity contribution >= 4 is 55.4 Å². The van der Waals surface area contributed by atoms with Gasteiger partial charge in [0.05, 0.1) is 11.0 Å². The molecule has 0 amide bonds.